The smallest absolute Gasteiger partial charge is 0.215 e. The quantitative estimate of drug-likeness (QED) is 0.740. The summed E-state index contributed by atoms with van der Waals surface area (Å²) in [6, 6.07) is -0.130. The minimum atomic E-state index is -1.77. The van der Waals surface area contributed by atoms with Gasteiger partial charge in [0, 0.05) is 11.8 Å². The van der Waals surface area contributed by atoms with Crippen molar-refractivity contribution in [2.45, 2.75) is 52.1 Å². The van der Waals surface area contributed by atoms with Gasteiger partial charge < -0.3 is 9.26 Å². The van der Waals surface area contributed by atoms with Crippen molar-refractivity contribution in [2.24, 2.45) is 11.8 Å². The minimum absolute atomic E-state index is 0.0573. The van der Waals surface area contributed by atoms with Crippen molar-refractivity contribution in [3.63, 3.8) is 0 Å². The monoisotopic (exact) mass is 287 g/mol. The zero-order chi connectivity index (χ0) is 14.4. The third-order valence-electron chi connectivity index (χ3n) is 3.63. The number of carbonyl (C=O) groups excluding carboxylic acids is 1. The molecule has 0 aromatic rings. The molecule has 0 aromatic carbocycles. The van der Waals surface area contributed by atoms with Crippen LogP contribution in [0.1, 0.15) is 20.8 Å². The highest BCUT2D eigenvalue weighted by molar-refractivity contribution is 6.69. The third-order valence-corrected chi connectivity index (χ3v) is 4.36. The number of rotatable bonds is 4. The fraction of sp³-hybridized carbons (Fsp3) is 0.923. The molecule has 3 atom stereocenters. The van der Waals surface area contributed by atoms with Crippen molar-refractivity contribution < 1.29 is 18.9 Å². The van der Waals surface area contributed by atoms with Crippen LogP contribution in [0.2, 0.25) is 19.6 Å². The molecule has 2 heterocycles. The average molecular weight is 287 g/mol. The van der Waals surface area contributed by atoms with Crippen LogP contribution in [0, 0.1) is 11.8 Å². The van der Waals surface area contributed by atoms with E-state index in [1.807, 2.05) is 20.8 Å². The maximum atomic E-state index is 12.5. The fourth-order valence-electron chi connectivity index (χ4n) is 2.81. The lowest BCUT2D eigenvalue weighted by molar-refractivity contribution is -0.325. The molecule has 2 saturated heterocycles. The first kappa shape index (κ1) is 15.1. The van der Waals surface area contributed by atoms with Gasteiger partial charge in [-0.05, 0) is 26.6 Å². The second-order valence-electron chi connectivity index (χ2n) is 6.93. The first-order chi connectivity index (χ1) is 8.65. The highest BCUT2D eigenvalue weighted by atomic mass is 28.4. The number of nitrogens with zero attached hydrogens (tertiary/aromatic N) is 1. The van der Waals surface area contributed by atoms with Gasteiger partial charge >= 0.3 is 0 Å². The van der Waals surface area contributed by atoms with Gasteiger partial charge in [-0.15, -0.1) is 0 Å². The van der Waals surface area contributed by atoms with Gasteiger partial charge in [-0.2, -0.15) is 0 Å². The van der Waals surface area contributed by atoms with Gasteiger partial charge in [0.15, 0.2) is 5.78 Å². The van der Waals surface area contributed by atoms with Crippen LogP contribution < -0.4 is 0 Å². The van der Waals surface area contributed by atoms with Crippen molar-refractivity contribution in [1.29, 1.82) is 0 Å². The summed E-state index contributed by atoms with van der Waals surface area (Å²) in [5.74, 6) is 0.275. The standard InChI is InChI=1S/C13H25NO4Si/c1-9(2)12(15)13(3)11-10(7-16-13)8-17-14(11)18-19(4,5)6/h9-11H,7-8H2,1-6H3. The normalized spacial score (nSPS) is 35.9. The summed E-state index contributed by atoms with van der Waals surface area (Å²) in [5, 5.41) is 1.56. The minimum Gasteiger partial charge on any atom is -0.365 e. The maximum absolute atomic E-state index is 12.5. The van der Waals surface area contributed by atoms with Crippen LogP contribution in [0.15, 0.2) is 0 Å². The zero-order valence-corrected chi connectivity index (χ0v) is 13.7. The highest BCUT2D eigenvalue weighted by Crippen LogP contribution is 2.41. The number of hydroxylamine groups is 2. The summed E-state index contributed by atoms with van der Waals surface area (Å²) in [7, 11) is -1.77. The van der Waals surface area contributed by atoms with Crippen LogP contribution in [0.25, 0.3) is 0 Å². The summed E-state index contributed by atoms with van der Waals surface area (Å²) in [4.78, 5) is 18.1. The highest BCUT2D eigenvalue weighted by Gasteiger charge is 2.59. The molecule has 0 radical (unpaired) electrons. The summed E-state index contributed by atoms with van der Waals surface area (Å²) in [5.41, 5.74) is -0.824. The molecule has 5 nitrogen and oxygen atoms in total. The zero-order valence-electron chi connectivity index (χ0n) is 12.7. The number of fused-ring (bicyclic) bond motifs is 1. The Balaban J connectivity index is 2.21. The molecule has 19 heavy (non-hydrogen) atoms. The molecule has 110 valence electrons. The number of Topliss-reactive ketones (excluding diaryl/α,β-unsaturated/α-hetero) is 1. The molecule has 0 saturated carbocycles. The van der Waals surface area contributed by atoms with Crippen molar-refractivity contribution >= 4 is 14.1 Å². The molecule has 3 unspecified atom stereocenters. The van der Waals surface area contributed by atoms with Crippen molar-refractivity contribution in [3.05, 3.63) is 0 Å². The lowest BCUT2D eigenvalue weighted by Gasteiger charge is -2.36. The van der Waals surface area contributed by atoms with Gasteiger partial charge in [-0.25, -0.2) is 0 Å². The first-order valence-electron chi connectivity index (χ1n) is 6.94. The lowest BCUT2D eigenvalue weighted by atomic mass is 9.83. The van der Waals surface area contributed by atoms with Crippen molar-refractivity contribution in [1.82, 2.24) is 5.23 Å². The molecule has 0 N–H and O–H groups in total. The molecule has 0 aromatic heterocycles. The van der Waals surface area contributed by atoms with Crippen LogP contribution in [-0.4, -0.2) is 44.2 Å². The molecule has 0 spiro atoms. The van der Waals surface area contributed by atoms with E-state index in [1.54, 1.807) is 5.23 Å². The predicted octanol–water partition coefficient (Wildman–Crippen LogP) is 2.00. The second-order valence-corrected chi connectivity index (χ2v) is 11.3. The Kier molecular flexibility index (Phi) is 3.92. The molecular formula is C13H25NO4Si. The van der Waals surface area contributed by atoms with E-state index in [1.165, 1.54) is 0 Å². The Morgan fingerprint density at radius 1 is 1.37 bits per heavy atom. The van der Waals surface area contributed by atoms with Gasteiger partial charge in [0.2, 0.25) is 8.32 Å². The van der Waals surface area contributed by atoms with E-state index >= 15 is 0 Å². The average Bonchev–Trinajstić information content (AvgIpc) is 2.79. The lowest BCUT2D eigenvalue weighted by Crippen LogP contribution is -2.55. The van der Waals surface area contributed by atoms with Crippen molar-refractivity contribution in [3.8, 4) is 0 Å². The molecule has 0 aliphatic carbocycles. The fourth-order valence-corrected chi connectivity index (χ4v) is 3.52. The van der Waals surface area contributed by atoms with Crippen LogP contribution in [0.5, 0.6) is 0 Å². The molecule has 2 rings (SSSR count). The van der Waals surface area contributed by atoms with Gasteiger partial charge in [-0.3, -0.25) is 9.63 Å². The maximum Gasteiger partial charge on any atom is 0.215 e. The first-order valence-corrected chi connectivity index (χ1v) is 10.4. The van der Waals surface area contributed by atoms with Crippen LogP contribution >= 0.6 is 0 Å². The summed E-state index contributed by atoms with van der Waals surface area (Å²) in [6.45, 7) is 13.1. The summed E-state index contributed by atoms with van der Waals surface area (Å²) < 4.78 is 11.8. The van der Waals surface area contributed by atoms with E-state index in [9.17, 15) is 4.79 Å². The number of ketones is 1. The predicted molar refractivity (Wildman–Crippen MR) is 73.7 cm³/mol. The number of hydrogen-bond donors (Lipinski definition) is 0. The third kappa shape index (κ3) is 2.78. The Hall–Kier alpha value is -0.273. The summed E-state index contributed by atoms with van der Waals surface area (Å²) >= 11 is 0. The van der Waals surface area contributed by atoms with Crippen LogP contribution in [0.3, 0.4) is 0 Å². The molecule has 2 fully saturated rings. The van der Waals surface area contributed by atoms with E-state index in [4.69, 9.17) is 14.1 Å². The molecule has 2 aliphatic heterocycles. The largest absolute Gasteiger partial charge is 0.365 e. The molecule has 0 amide bonds. The number of ether oxygens (including phenoxy) is 1. The van der Waals surface area contributed by atoms with E-state index in [2.05, 4.69) is 19.6 Å². The van der Waals surface area contributed by atoms with Crippen LogP contribution in [0.4, 0.5) is 0 Å². The molecular weight excluding hydrogens is 262 g/mol. The van der Waals surface area contributed by atoms with Gasteiger partial charge in [0.25, 0.3) is 0 Å². The van der Waals surface area contributed by atoms with E-state index in [-0.39, 0.29) is 23.7 Å². The van der Waals surface area contributed by atoms with Gasteiger partial charge in [0.1, 0.15) is 11.6 Å². The van der Waals surface area contributed by atoms with Gasteiger partial charge in [0.05, 0.1) is 13.2 Å². The Morgan fingerprint density at radius 3 is 2.53 bits per heavy atom. The SMILES string of the molecule is CC(C)C(=O)C1(C)OCC2CON(O[Si](C)(C)C)C21. The topological polar surface area (TPSA) is 48.0 Å². The molecule has 6 heteroatoms. The van der Waals surface area contributed by atoms with E-state index in [0.29, 0.717) is 13.2 Å². The number of hydrogen-bond acceptors (Lipinski definition) is 5. The van der Waals surface area contributed by atoms with Crippen LogP contribution in [-0.2, 0) is 18.9 Å². The molecule has 2 aliphatic rings. The second kappa shape index (κ2) is 4.93. The van der Waals surface area contributed by atoms with Crippen molar-refractivity contribution in [2.75, 3.05) is 13.2 Å². The van der Waals surface area contributed by atoms with Gasteiger partial charge in [-0.1, -0.05) is 19.1 Å². The molecule has 0 bridgehead atoms. The summed E-state index contributed by atoms with van der Waals surface area (Å²) in [6.07, 6.45) is 0. The van der Waals surface area contributed by atoms with E-state index < -0.39 is 13.9 Å². The van der Waals surface area contributed by atoms with E-state index in [0.717, 1.165) is 0 Å². The Morgan fingerprint density at radius 2 is 2.00 bits per heavy atom. The number of carbonyl (C=O) groups is 1. The Labute approximate surface area is 116 Å². The Bertz CT molecular complexity index is 368.